The normalized spacial score (nSPS) is 12.0. The Balaban J connectivity index is 3.02. The lowest BCUT2D eigenvalue weighted by atomic mass is 10.6. The van der Waals surface area contributed by atoms with Crippen molar-refractivity contribution in [1.29, 1.82) is 0 Å². The van der Waals surface area contributed by atoms with Gasteiger partial charge < -0.3 is 43.0 Å². The average Bonchev–Trinajstić information content (AvgIpc) is 2.75. The van der Waals surface area contributed by atoms with Crippen LogP contribution >= 0.6 is 0 Å². The monoisotopic (exact) mass is 482 g/mol. The summed E-state index contributed by atoms with van der Waals surface area (Å²) < 4.78 is 80.4. The van der Waals surface area contributed by atoms with Gasteiger partial charge in [0.2, 0.25) is 0 Å². The molecule has 194 valence electrons. The zero-order chi connectivity index (χ0) is 23.6. The number of aliphatic hydroxyl groups is 1. The minimum Gasteiger partial charge on any atom is -0.394 e. The van der Waals surface area contributed by atoms with E-state index in [9.17, 15) is 13.2 Å². The van der Waals surface area contributed by atoms with E-state index in [0.29, 0.717) is 85.9 Å². The summed E-state index contributed by atoms with van der Waals surface area (Å²) in [6.45, 7) is 5.41. The Morgan fingerprint density at radius 2 is 0.594 bits per heavy atom. The third-order valence-electron chi connectivity index (χ3n) is 3.33. The Labute approximate surface area is 187 Å². The summed E-state index contributed by atoms with van der Waals surface area (Å²) in [4.78, 5) is 0. The highest BCUT2D eigenvalue weighted by Crippen LogP contribution is 2.15. The molecule has 32 heavy (non-hydrogen) atoms. The zero-order valence-corrected chi connectivity index (χ0v) is 18.5. The van der Waals surface area contributed by atoms with Gasteiger partial charge in [-0.25, -0.2) is 0 Å². The van der Waals surface area contributed by atoms with E-state index in [1.165, 1.54) is 0 Å². The van der Waals surface area contributed by atoms with Gasteiger partial charge in [0.25, 0.3) is 0 Å². The molecule has 0 spiro atoms. The Morgan fingerprint density at radius 3 is 0.812 bits per heavy atom. The van der Waals surface area contributed by atoms with Crippen LogP contribution in [0.3, 0.4) is 0 Å². The zero-order valence-electron chi connectivity index (χ0n) is 18.5. The first-order valence-corrected chi connectivity index (χ1v) is 10.5. The fraction of sp³-hybridized carbons (Fsp3) is 1.00. The summed E-state index contributed by atoms with van der Waals surface area (Å²) in [5.41, 5.74) is 0. The topological polar surface area (TPSA) is 103 Å². The molecule has 13 heteroatoms. The van der Waals surface area contributed by atoms with Crippen LogP contribution in [-0.4, -0.2) is 130 Å². The van der Waals surface area contributed by atoms with Gasteiger partial charge in [-0.2, -0.15) is 0 Å². The highest BCUT2D eigenvalue weighted by molar-refractivity contribution is 4.38. The van der Waals surface area contributed by atoms with Crippen molar-refractivity contribution in [3.8, 4) is 0 Å². The number of alkyl halides is 3. The Kier molecular flexibility index (Phi) is 24.5. The van der Waals surface area contributed by atoms with Gasteiger partial charge >= 0.3 is 6.36 Å². The standard InChI is InChI=1S/C19H37F3O10/c20-19(21,22)32-18-17-31-16-15-30-14-13-29-12-11-28-10-9-27-8-7-26-6-5-25-4-3-24-2-1-23/h23H,1-18H2. The molecule has 0 aliphatic rings. The molecule has 0 saturated heterocycles. The molecule has 0 atom stereocenters. The molecule has 1 N–H and O–H groups in total. The molecule has 0 aliphatic carbocycles. The van der Waals surface area contributed by atoms with Gasteiger partial charge in [0, 0.05) is 0 Å². The van der Waals surface area contributed by atoms with Gasteiger partial charge in [0.15, 0.2) is 0 Å². The van der Waals surface area contributed by atoms with E-state index in [1.54, 1.807) is 0 Å². The lowest BCUT2D eigenvalue weighted by Gasteiger charge is -2.09. The molecule has 0 saturated carbocycles. The minimum atomic E-state index is -4.63. The minimum absolute atomic E-state index is 0.00996. The van der Waals surface area contributed by atoms with Crippen molar-refractivity contribution >= 4 is 0 Å². The molecule has 0 fully saturated rings. The predicted octanol–water partition coefficient (Wildman–Crippen LogP) is 0.648. The largest absolute Gasteiger partial charge is 0.522 e. The molecule has 0 aliphatic heterocycles. The second kappa shape index (κ2) is 25.0. The van der Waals surface area contributed by atoms with Gasteiger partial charge in [-0.15, -0.1) is 13.2 Å². The Morgan fingerprint density at radius 1 is 0.375 bits per heavy atom. The molecular weight excluding hydrogens is 445 g/mol. The summed E-state index contributed by atoms with van der Waals surface area (Å²) in [7, 11) is 0. The molecule has 0 aromatic carbocycles. The van der Waals surface area contributed by atoms with Crippen LogP contribution < -0.4 is 0 Å². The molecule has 0 amide bonds. The van der Waals surface area contributed by atoms with Crippen LogP contribution in [0.15, 0.2) is 0 Å². The maximum atomic E-state index is 11.7. The van der Waals surface area contributed by atoms with Crippen LogP contribution in [0, 0.1) is 0 Å². The van der Waals surface area contributed by atoms with Gasteiger partial charge in [0.05, 0.1) is 119 Å². The predicted molar refractivity (Wildman–Crippen MR) is 106 cm³/mol. The molecule has 0 radical (unpaired) electrons. The van der Waals surface area contributed by atoms with Gasteiger partial charge in [-0.3, -0.25) is 4.74 Å². The second-order valence-electron chi connectivity index (χ2n) is 5.92. The van der Waals surface area contributed by atoms with E-state index in [4.69, 9.17) is 43.0 Å². The van der Waals surface area contributed by atoms with Crippen molar-refractivity contribution < 1.29 is 60.9 Å². The second-order valence-corrected chi connectivity index (χ2v) is 5.92. The lowest BCUT2D eigenvalue weighted by Crippen LogP contribution is -2.18. The third-order valence-corrected chi connectivity index (χ3v) is 3.33. The quantitative estimate of drug-likeness (QED) is 0.177. The summed E-state index contributed by atoms with van der Waals surface area (Å²) in [6, 6.07) is 0. The van der Waals surface area contributed by atoms with Gasteiger partial charge in [0.1, 0.15) is 0 Å². The third kappa shape index (κ3) is 29.4. The van der Waals surface area contributed by atoms with Crippen molar-refractivity contribution in [3.63, 3.8) is 0 Å². The fourth-order valence-corrected chi connectivity index (χ4v) is 1.92. The van der Waals surface area contributed by atoms with Crippen LogP contribution in [0.5, 0.6) is 0 Å². The first-order chi connectivity index (χ1) is 15.6. The number of hydrogen-bond acceptors (Lipinski definition) is 10. The average molecular weight is 482 g/mol. The number of halogens is 3. The van der Waals surface area contributed by atoms with E-state index in [-0.39, 0.29) is 26.4 Å². The van der Waals surface area contributed by atoms with Crippen molar-refractivity contribution in [1.82, 2.24) is 0 Å². The smallest absolute Gasteiger partial charge is 0.394 e. The van der Waals surface area contributed by atoms with Crippen molar-refractivity contribution in [3.05, 3.63) is 0 Å². The molecule has 0 aromatic heterocycles. The van der Waals surface area contributed by atoms with Crippen LogP contribution in [0.4, 0.5) is 13.2 Å². The van der Waals surface area contributed by atoms with Crippen LogP contribution in [0.2, 0.25) is 0 Å². The van der Waals surface area contributed by atoms with Gasteiger partial charge in [-0.1, -0.05) is 0 Å². The highest BCUT2D eigenvalue weighted by Gasteiger charge is 2.28. The van der Waals surface area contributed by atoms with Crippen LogP contribution in [0.25, 0.3) is 0 Å². The molecule has 0 aromatic rings. The summed E-state index contributed by atoms with van der Waals surface area (Å²) >= 11 is 0. The first kappa shape index (κ1) is 31.4. The molecule has 0 bridgehead atoms. The number of hydrogen-bond donors (Lipinski definition) is 1. The van der Waals surface area contributed by atoms with E-state index < -0.39 is 13.0 Å². The maximum absolute atomic E-state index is 11.7. The van der Waals surface area contributed by atoms with E-state index >= 15 is 0 Å². The molecular formula is C19H37F3O10. The SMILES string of the molecule is OCCOCCOCCOCCOCCOCCOCCOCCOCCOC(F)(F)F. The summed E-state index contributed by atoms with van der Waals surface area (Å²) in [5, 5.41) is 8.52. The van der Waals surface area contributed by atoms with E-state index in [1.807, 2.05) is 0 Å². The van der Waals surface area contributed by atoms with Crippen LogP contribution in [-0.2, 0) is 42.6 Å². The Hall–Kier alpha value is -0.610. The van der Waals surface area contributed by atoms with Crippen LogP contribution in [0.1, 0.15) is 0 Å². The highest BCUT2D eigenvalue weighted by atomic mass is 19.4. The van der Waals surface area contributed by atoms with Gasteiger partial charge in [-0.05, 0) is 0 Å². The van der Waals surface area contributed by atoms with Crippen molar-refractivity contribution in [2.75, 3.05) is 119 Å². The lowest BCUT2D eigenvalue weighted by molar-refractivity contribution is -0.327. The van der Waals surface area contributed by atoms with E-state index in [2.05, 4.69) is 4.74 Å². The number of ether oxygens (including phenoxy) is 9. The summed E-state index contributed by atoms with van der Waals surface area (Å²) in [5.74, 6) is 0. The Bertz CT molecular complexity index is 365. The maximum Gasteiger partial charge on any atom is 0.522 e. The van der Waals surface area contributed by atoms with Crippen molar-refractivity contribution in [2.24, 2.45) is 0 Å². The van der Waals surface area contributed by atoms with Crippen molar-refractivity contribution in [2.45, 2.75) is 6.36 Å². The number of aliphatic hydroxyl groups excluding tert-OH is 1. The fourth-order valence-electron chi connectivity index (χ4n) is 1.92. The molecule has 0 rings (SSSR count). The molecule has 10 nitrogen and oxygen atoms in total. The number of rotatable bonds is 26. The first-order valence-electron chi connectivity index (χ1n) is 10.5. The molecule has 0 unspecified atom stereocenters. The summed E-state index contributed by atoms with van der Waals surface area (Å²) in [6.07, 6.45) is -4.63. The van der Waals surface area contributed by atoms with E-state index in [0.717, 1.165) is 0 Å². The molecule has 0 heterocycles.